The molecular formula is C22H24N4O2S2. The molecule has 5 rings (SSSR count). The monoisotopic (exact) mass is 440 g/mol. The lowest BCUT2D eigenvalue weighted by molar-refractivity contribution is -0.136. The van der Waals surface area contributed by atoms with Gasteiger partial charge in [-0.3, -0.25) is 14.5 Å². The topological polar surface area (TPSA) is 65.0 Å². The van der Waals surface area contributed by atoms with Crippen molar-refractivity contribution >= 4 is 46.3 Å². The molecule has 2 fully saturated rings. The number of piperazine rings is 1. The summed E-state index contributed by atoms with van der Waals surface area (Å²) in [6.07, 6.45) is 5.39. The Kier molecular flexibility index (Phi) is 5.54. The molecule has 2 aromatic heterocycles. The first-order valence-electron chi connectivity index (χ1n) is 10.4. The Morgan fingerprint density at radius 2 is 2.13 bits per heavy atom. The SMILES string of the molecule is O=C1CN(CC(=O)N2N=C3/C(=C/c4cccs4)CCCC3C2c2cccs2)CCN1. The molecule has 0 bridgehead atoms. The first-order chi connectivity index (χ1) is 14.7. The summed E-state index contributed by atoms with van der Waals surface area (Å²) in [7, 11) is 0. The van der Waals surface area contributed by atoms with E-state index in [4.69, 9.17) is 5.10 Å². The molecule has 2 unspecified atom stereocenters. The van der Waals surface area contributed by atoms with Gasteiger partial charge in [0.25, 0.3) is 5.91 Å². The van der Waals surface area contributed by atoms with Crippen molar-refractivity contribution in [2.75, 3.05) is 26.2 Å². The van der Waals surface area contributed by atoms with E-state index >= 15 is 0 Å². The molecule has 1 N–H and O–H groups in total. The summed E-state index contributed by atoms with van der Waals surface area (Å²) in [4.78, 5) is 29.4. The summed E-state index contributed by atoms with van der Waals surface area (Å²) < 4.78 is 0. The third-order valence-corrected chi connectivity index (χ3v) is 7.69. The van der Waals surface area contributed by atoms with E-state index in [9.17, 15) is 9.59 Å². The normalized spacial score (nSPS) is 25.9. The molecule has 2 amide bonds. The number of hydrogen-bond donors (Lipinski definition) is 1. The highest BCUT2D eigenvalue weighted by molar-refractivity contribution is 7.11. The predicted molar refractivity (Wildman–Crippen MR) is 120 cm³/mol. The average molecular weight is 441 g/mol. The highest BCUT2D eigenvalue weighted by Crippen LogP contribution is 2.45. The molecule has 156 valence electrons. The van der Waals surface area contributed by atoms with E-state index in [0.29, 0.717) is 13.1 Å². The van der Waals surface area contributed by atoms with Gasteiger partial charge in [0, 0.05) is 28.8 Å². The van der Waals surface area contributed by atoms with Gasteiger partial charge < -0.3 is 5.32 Å². The zero-order valence-electron chi connectivity index (χ0n) is 16.6. The third-order valence-electron chi connectivity index (χ3n) is 5.93. The van der Waals surface area contributed by atoms with Crippen molar-refractivity contribution in [1.82, 2.24) is 15.2 Å². The second-order valence-electron chi connectivity index (χ2n) is 7.93. The van der Waals surface area contributed by atoms with Gasteiger partial charge in [0.15, 0.2) is 0 Å². The Balaban J connectivity index is 1.45. The minimum Gasteiger partial charge on any atom is -0.354 e. The van der Waals surface area contributed by atoms with Crippen molar-refractivity contribution in [2.24, 2.45) is 11.0 Å². The first-order valence-corrected chi connectivity index (χ1v) is 12.1. The average Bonchev–Trinajstić information content (AvgIpc) is 3.48. The standard InChI is InChI=1S/C22H24N4O2S2/c27-19-13-25(9-8-23-19)14-20(28)26-22(18-7-3-11-30-18)17-6-1-4-15(21(17)24-26)12-16-5-2-10-29-16/h2-3,5,7,10-12,17,22H,1,4,6,8-9,13-14H2,(H,23,27)/b15-12+. The van der Waals surface area contributed by atoms with E-state index in [0.717, 1.165) is 25.0 Å². The van der Waals surface area contributed by atoms with E-state index in [1.54, 1.807) is 27.7 Å². The van der Waals surface area contributed by atoms with E-state index in [2.05, 4.69) is 40.4 Å². The number of amides is 2. The summed E-state index contributed by atoms with van der Waals surface area (Å²) in [6.45, 7) is 1.78. The van der Waals surface area contributed by atoms with E-state index in [1.165, 1.54) is 15.3 Å². The molecule has 0 aromatic carbocycles. The van der Waals surface area contributed by atoms with Crippen molar-refractivity contribution < 1.29 is 9.59 Å². The van der Waals surface area contributed by atoms with Crippen molar-refractivity contribution in [2.45, 2.75) is 25.3 Å². The summed E-state index contributed by atoms with van der Waals surface area (Å²) in [5.74, 6) is 0.184. The molecule has 1 saturated carbocycles. The summed E-state index contributed by atoms with van der Waals surface area (Å²) >= 11 is 3.41. The van der Waals surface area contributed by atoms with Gasteiger partial charge in [0.2, 0.25) is 5.91 Å². The molecule has 1 saturated heterocycles. The highest BCUT2D eigenvalue weighted by atomic mass is 32.1. The Bertz CT molecular complexity index is 981. The van der Waals surface area contributed by atoms with Gasteiger partial charge in [-0.25, -0.2) is 5.01 Å². The zero-order valence-corrected chi connectivity index (χ0v) is 18.3. The van der Waals surface area contributed by atoms with Crippen LogP contribution in [0.2, 0.25) is 0 Å². The van der Waals surface area contributed by atoms with Crippen LogP contribution >= 0.6 is 22.7 Å². The molecule has 6 nitrogen and oxygen atoms in total. The van der Waals surface area contributed by atoms with E-state index < -0.39 is 0 Å². The molecular weight excluding hydrogens is 416 g/mol. The van der Waals surface area contributed by atoms with Crippen molar-refractivity contribution in [3.05, 3.63) is 50.4 Å². The van der Waals surface area contributed by atoms with Crippen LogP contribution in [-0.4, -0.2) is 53.6 Å². The number of carbonyl (C=O) groups excluding carboxylic acids is 2. The molecule has 1 aliphatic carbocycles. The third kappa shape index (κ3) is 3.87. The van der Waals surface area contributed by atoms with Crippen LogP contribution in [-0.2, 0) is 9.59 Å². The second kappa shape index (κ2) is 8.45. The molecule has 4 heterocycles. The Hall–Kier alpha value is -2.29. The van der Waals surface area contributed by atoms with E-state index in [1.807, 2.05) is 11.0 Å². The number of rotatable bonds is 4. The fraction of sp³-hybridized carbons (Fsp3) is 0.409. The smallest absolute Gasteiger partial charge is 0.257 e. The Morgan fingerprint density at radius 3 is 2.90 bits per heavy atom. The van der Waals surface area contributed by atoms with E-state index in [-0.39, 0.29) is 36.9 Å². The zero-order chi connectivity index (χ0) is 20.5. The number of hydrazone groups is 1. The molecule has 2 atom stereocenters. The molecule has 0 radical (unpaired) electrons. The van der Waals surface area contributed by atoms with Crippen LogP contribution in [0, 0.1) is 5.92 Å². The summed E-state index contributed by atoms with van der Waals surface area (Å²) in [5.41, 5.74) is 2.32. The summed E-state index contributed by atoms with van der Waals surface area (Å²) in [5, 5.41) is 13.6. The number of hydrogen-bond acceptors (Lipinski definition) is 6. The molecule has 3 aliphatic rings. The van der Waals surface area contributed by atoms with Gasteiger partial charge in [-0.15, -0.1) is 22.7 Å². The lowest BCUT2D eigenvalue weighted by atomic mass is 9.79. The fourth-order valence-electron chi connectivity index (χ4n) is 4.58. The predicted octanol–water partition coefficient (Wildman–Crippen LogP) is 3.36. The molecule has 0 spiro atoms. The lowest BCUT2D eigenvalue weighted by Gasteiger charge is -2.31. The largest absolute Gasteiger partial charge is 0.354 e. The quantitative estimate of drug-likeness (QED) is 0.793. The molecule has 8 heteroatoms. The van der Waals surface area contributed by atoms with Crippen LogP contribution in [0.15, 0.2) is 45.7 Å². The van der Waals surface area contributed by atoms with Crippen LogP contribution < -0.4 is 5.32 Å². The van der Waals surface area contributed by atoms with Gasteiger partial charge >= 0.3 is 0 Å². The van der Waals surface area contributed by atoms with Gasteiger partial charge in [0.05, 0.1) is 24.8 Å². The number of allylic oxidation sites excluding steroid dienone is 1. The first kappa shape index (κ1) is 19.7. The highest BCUT2D eigenvalue weighted by Gasteiger charge is 2.44. The maximum Gasteiger partial charge on any atom is 0.257 e. The molecule has 2 aliphatic heterocycles. The second-order valence-corrected chi connectivity index (χ2v) is 9.89. The van der Waals surface area contributed by atoms with Crippen molar-refractivity contribution in [3.63, 3.8) is 0 Å². The van der Waals surface area contributed by atoms with Crippen LogP contribution in [0.1, 0.15) is 35.1 Å². The number of fused-ring (bicyclic) bond motifs is 1. The maximum absolute atomic E-state index is 13.3. The van der Waals surface area contributed by atoms with Gasteiger partial charge in [0.1, 0.15) is 0 Å². The van der Waals surface area contributed by atoms with Gasteiger partial charge in [-0.1, -0.05) is 12.1 Å². The van der Waals surface area contributed by atoms with Gasteiger partial charge in [-0.2, -0.15) is 5.10 Å². The van der Waals surface area contributed by atoms with Crippen LogP contribution in [0.25, 0.3) is 6.08 Å². The van der Waals surface area contributed by atoms with Crippen LogP contribution in [0.4, 0.5) is 0 Å². The minimum atomic E-state index is -0.0434. The number of thiophene rings is 2. The summed E-state index contributed by atoms with van der Waals surface area (Å²) in [6, 6.07) is 8.30. The number of nitrogens with one attached hydrogen (secondary N) is 1. The van der Waals surface area contributed by atoms with Crippen molar-refractivity contribution in [1.29, 1.82) is 0 Å². The number of carbonyl (C=O) groups is 2. The lowest BCUT2D eigenvalue weighted by Crippen LogP contribution is -2.50. The van der Waals surface area contributed by atoms with Gasteiger partial charge in [-0.05, 0) is 53.8 Å². The Morgan fingerprint density at radius 1 is 1.27 bits per heavy atom. The maximum atomic E-state index is 13.3. The van der Waals surface area contributed by atoms with Crippen LogP contribution in [0.3, 0.4) is 0 Å². The molecule has 30 heavy (non-hydrogen) atoms. The fourth-order valence-corrected chi connectivity index (χ4v) is 6.14. The van der Waals surface area contributed by atoms with Crippen LogP contribution in [0.5, 0.6) is 0 Å². The minimum absolute atomic E-state index is 0.0218. The Labute approximate surface area is 183 Å². The van der Waals surface area contributed by atoms with Crippen molar-refractivity contribution in [3.8, 4) is 0 Å². The number of nitrogens with zero attached hydrogens (tertiary/aromatic N) is 3. The molecule has 2 aromatic rings.